The van der Waals surface area contributed by atoms with Gasteiger partial charge in [-0.15, -0.1) is 0 Å². The van der Waals surface area contributed by atoms with Crippen LogP contribution >= 0.6 is 0 Å². The van der Waals surface area contributed by atoms with Crippen LogP contribution in [0.2, 0.25) is 0 Å². The number of rotatable bonds is 4. The molecule has 8 heteroatoms. The number of amides is 1. The van der Waals surface area contributed by atoms with Crippen molar-refractivity contribution in [3.05, 3.63) is 35.4 Å². The molecule has 1 aliphatic heterocycles. The molecule has 0 radical (unpaired) electrons. The van der Waals surface area contributed by atoms with Crippen LogP contribution in [0, 0.1) is 5.92 Å². The standard InChI is InChI=1S/C14H22N6O2/c15-19-13(20-16)11-2-1-3-12(6-11)14(21)18-8-10-7-17-4-5-22-9-10/h1-3,6,10,17H,4-5,7-9,15-16H2,(H,18,21)(H,19,20). The smallest absolute Gasteiger partial charge is 0.251 e. The van der Waals surface area contributed by atoms with E-state index >= 15 is 0 Å². The maximum atomic E-state index is 12.2. The predicted octanol–water partition coefficient (Wildman–Crippen LogP) is -1.26. The van der Waals surface area contributed by atoms with E-state index in [0.29, 0.717) is 36.7 Å². The van der Waals surface area contributed by atoms with Crippen LogP contribution in [0.15, 0.2) is 29.4 Å². The van der Waals surface area contributed by atoms with Gasteiger partial charge in [-0.25, -0.2) is 5.84 Å². The number of ether oxygens (including phenoxy) is 1. The van der Waals surface area contributed by atoms with E-state index in [2.05, 4.69) is 21.2 Å². The van der Waals surface area contributed by atoms with Gasteiger partial charge in [0.25, 0.3) is 5.91 Å². The number of hydrogen-bond donors (Lipinski definition) is 5. The van der Waals surface area contributed by atoms with E-state index in [9.17, 15) is 4.79 Å². The Balaban J connectivity index is 1.96. The molecule has 1 saturated heterocycles. The van der Waals surface area contributed by atoms with Crippen LogP contribution < -0.4 is 27.7 Å². The Morgan fingerprint density at radius 3 is 3.05 bits per heavy atom. The summed E-state index contributed by atoms with van der Waals surface area (Å²) in [4.78, 5) is 12.2. The first-order valence-corrected chi connectivity index (χ1v) is 7.16. The van der Waals surface area contributed by atoms with Gasteiger partial charge in [-0.2, -0.15) is 5.10 Å². The highest BCUT2D eigenvalue weighted by Gasteiger charge is 2.14. The fourth-order valence-corrected chi connectivity index (χ4v) is 2.23. The minimum absolute atomic E-state index is 0.153. The summed E-state index contributed by atoms with van der Waals surface area (Å²) in [6.45, 7) is 3.60. The third-order valence-corrected chi connectivity index (χ3v) is 3.43. The Morgan fingerprint density at radius 1 is 1.45 bits per heavy atom. The first-order valence-electron chi connectivity index (χ1n) is 7.16. The van der Waals surface area contributed by atoms with Crippen molar-refractivity contribution in [2.75, 3.05) is 32.8 Å². The monoisotopic (exact) mass is 306 g/mol. The second kappa shape index (κ2) is 8.32. The molecular weight excluding hydrogens is 284 g/mol. The summed E-state index contributed by atoms with van der Waals surface area (Å²) in [5.41, 5.74) is 3.57. The van der Waals surface area contributed by atoms with Crippen molar-refractivity contribution in [2.45, 2.75) is 0 Å². The molecule has 1 aromatic rings. The molecule has 1 atom stereocenters. The molecule has 1 aliphatic rings. The summed E-state index contributed by atoms with van der Waals surface area (Å²) in [6.07, 6.45) is 0. The quantitative estimate of drug-likeness (QED) is 0.204. The van der Waals surface area contributed by atoms with Crippen molar-refractivity contribution < 1.29 is 9.53 Å². The number of nitrogens with one attached hydrogen (secondary N) is 3. The van der Waals surface area contributed by atoms with Crippen molar-refractivity contribution in [1.82, 2.24) is 16.1 Å². The summed E-state index contributed by atoms with van der Waals surface area (Å²) < 4.78 is 5.46. The van der Waals surface area contributed by atoms with Gasteiger partial charge >= 0.3 is 0 Å². The number of benzene rings is 1. The number of amidine groups is 1. The molecule has 0 spiro atoms. The lowest BCUT2D eigenvalue weighted by atomic mass is 10.1. The van der Waals surface area contributed by atoms with Gasteiger partial charge in [0.05, 0.1) is 13.2 Å². The van der Waals surface area contributed by atoms with Gasteiger partial charge in [0.1, 0.15) is 0 Å². The SMILES string of the molecule is NN=C(NN)c1cccc(C(=O)NCC2CNCCOC2)c1. The molecule has 1 unspecified atom stereocenters. The van der Waals surface area contributed by atoms with Crippen molar-refractivity contribution in [1.29, 1.82) is 0 Å². The fourth-order valence-electron chi connectivity index (χ4n) is 2.23. The highest BCUT2D eigenvalue weighted by Crippen LogP contribution is 2.06. The van der Waals surface area contributed by atoms with E-state index in [-0.39, 0.29) is 11.8 Å². The number of nitrogens with two attached hydrogens (primary N) is 2. The Hall–Kier alpha value is -2.16. The number of nitrogens with zero attached hydrogens (tertiary/aromatic N) is 1. The number of hydrogen-bond acceptors (Lipinski definition) is 6. The Labute approximate surface area is 129 Å². The first kappa shape index (κ1) is 16.2. The number of hydrazone groups is 1. The summed E-state index contributed by atoms with van der Waals surface area (Å²) >= 11 is 0. The molecular formula is C14H22N6O2. The molecule has 0 aromatic heterocycles. The molecule has 22 heavy (non-hydrogen) atoms. The zero-order valence-corrected chi connectivity index (χ0v) is 12.3. The van der Waals surface area contributed by atoms with Crippen molar-refractivity contribution in [2.24, 2.45) is 22.7 Å². The van der Waals surface area contributed by atoms with Crippen LogP contribution in [0.4, 0.5) is 0 Å². The normalized spacial score (nSPS) is 19.3. The van der Waals surface area contributed by atoms with Gasteiger partial charge in [0, 0.05) is 36.7 Å². The number of carbonyl (C=O) groups is 1. The Bertz CT molecular complexity index is 526. The van der Waals surface area contributed by atoms with E-state index < -0.39 is 0 Å². The van der Waals surface area contributed by atoms with Gasteiger partial charge in [-0.3, -0.25) is 4.79 Å². The van der Waals surface area contributed by atoms with Crippen LogP contribution in [-0.2, 0) is 4.74 Å². The average molecular weight is 306 g/mol. The highest BCUT2D eigenvalue weighted by atomic mass is 16.5. The van der Waals surface area contributed by atoms with E-state index in [1.807, 2.05) is 0 Å². The van der Waals surface area contributed by atoms with Crippen molar-refractivity contribution in [3.63, 3.8) is 0 Å². The molecule has 1 fully saturated rings. The summed E-state index contributed by atoms with van der Waals surface area (Å²) in [7, 11) is 0. The van der Waals surface area contributed by atoms with E-state index in [1.165, 1.54) is 0 Å². The lowest BCUT2D eigenvalue weighted by Gasteiger charge is -2.15. The largest absolute Gasteiger partial charge is 0.380 e. The fraction of sp³-hybridized carbons (Fsp3) is 0.429. The van der Waals surface area contributed by atoms with Crippen LogP contribution in [0.25, 0.3) is 0 Å². The molecule has 0 saturated carbocycles. The zero-order chi connectivity index (χ0) is 15.8. The lowest BCUT2D eigenvalue weighted by Crippen LogP contribution is -2.35. The van der Waals surface area contributed by atoms with Gasteiger partial charge in [0.15, 0.2) is 5.84 Å². The number of carbonyl (C=O) groups excluding carboxylic acids is 1. The molecule has 2 rings (SSSR count). The molecule has 1 amide bonds. The molecule has 0 aliphatic carbocycles. The molecule has 0 bridgehead atoms. The topological polar surface area (TPSA) is 127 Å². The minimum atomic E-state index is -0.153. The van der Waals surface area contributed by atoms with E-state index in [1.54, 1.807) is 24.3 Å². The molecule has 120 valence electrons. The van der Waals surface area contributed by atoms with Crippen LogP contribution in [0.5, 0.6) is 0 Å². The molecule has 7 N–H and O–H groups in total. The second-order valence-corrected chi connectivity index (χ2v) is 5.06. The highest BCUT2D eigenvalue weighted by molar-refractivity contribution is 6.01. The van der Waals surface area contributed by atoms with Gasteiger partial charge in [-0.1, -0.05) is 12.1 Å². The summed E-state index contributed by atoms with van der Waals surface area (Å²) in [5, 5.41) is 9.72. The Kier molecular flexibility index (Phi) is 6.13. The van der Waals surface area contributed by atoms with E-state index in [0.717, 1.165) is 13.1 Å². The van der Waals surface area contributed by atoms with Gasteiger partial charge in [0.2, 0.25) is 0 Å². The molecule has 8 nitrogen and oxygen atoms in total. The third kappa shape index (κ3) is 4.42. The maximum absolute atomic E-state index is 12.2. The lowest BCUT2D eigenvalue weighted by molar-refractivity contribution is 0.0921. The van der Waals surface area contributed by atoms with Crippen LogP contribution in [-0.4, -0.2) is 44.6 Å². The molecule has 1 aromatic carbocycles. The van der Waals surface area contributed by atoms with Gasteiger partial charge < -0.3 is 26.6 Å². The molecule has 1 heterocycles. The van der Waals surface area contributed by atoms with Gasteiger partial charge in [-0.05, 0) is 12.1 Å². The average Bonchev–Trinajstić information content (AvgIpc) is 2.83. The Morgan fingerprint density at radius 2 is 2.27 bits per heavy atom. The number of hydrazine groups is 1. The van der Waals surface area contributed by atoms with E-state index in [4.69, 9.17) is 16.4 Å². The summed E-state index contributed by atoms with van der Waals surface area (Å²) in [5.74, 6) is 11.0. The zero-order valence-electron chi connectivity index (χ0n) is 12.3. The minimum Gasteiger partial charge on any atom is -0.380 e. The van der Waals surface area contributed by atoms with Crippen LogP contribution in [0.3, 0.4) is 0 Å². The van der Waals surface area contributed by atoms with Crippen LogP contribution in [0.1, 0.15) is 15.9 Å². The predicted molar refractivity (Wildman–Crippen MR) is 84.0 cm³/mol. The van der Waals surface area contributed by atoms with Crippen molar-refractivity contribution >= 4 is 11.7 Å². The van der Waals surface area contributed by atoms with Crippen molar-refractivity contribution in [3.8, 4) is 0 Å². The third-order valence-electron chi connectivity index (χ3n) is 3.43. The first-order chi connectivity index (χ1) is 10.7. The second-order valence-electron chi connectivity index (χ2n) is 5.06. The maximum Gasteiger partial charge on any atom is 0.251 e. The summed E-state index contributed by atoms with van der Waals surface area (Å²) in [6, 6.07) is 6.93.